The molecule has 1 saturated heterocycles. The summed E-state index contributed by atoms with van der Waals surface area (Å²) in [4.78, 5) is 26.2. The Balaban J connectivity index is 1.66. The van der Waals surface area contributed by atoms with Gasteiger partial charge in [-0.2, -0.15) is 0 Å². The maximum Gasteiger partial charge on any atom is 0.293 e. The van der Waals surface area contributed by atoms with E-state index in [4.69, 9.17) is 9.47 Å². The lowest BCUT2D eigenvalue weighted by Crippen LogP contribution is -2.32. The van der Waals surface area contributed by atoms with Crippen LogP contribution in [-0.4, -0.2) is 40.9 Å². The summed E-state index contributed by atoms with van der Waals surface area (Å²) in [7, 11) is 0. The first-order valence-electron chi connectivity index (χ1n) is 8.47. The Bertz CT molecular complexity index is 866. The Morgan fingerprint density at radius 3 is 2.63 bits per heavy atom. The van der Waals surface area contributed by atoms with Crippen molar-refractivity contribution in [1.29, 1.82) is 0 Å². The molecule has 1 aliphatic heterocycles. The third-order valence-corrected chi connectivity index (χ3v) is 4.69. The van der Waals surface area contributed by atoms with Gasteiger partial charge in [0.15, 0.2) is 11.5 Å². The molecule has 1 fully saturated rings. The van der Waals surface area contributed by atoms with Crippen molar-refractivity contribution < 1.29 is 24.2 Å². The number of imide groups is 1. The number of phenolic OH excluding ortho intramolecular Hbond substituents is 1. The number of amides is 2. The van der Waals surface area contributed by atoms with Crippen LogP contribution in [0.25, 0.3) is 6.08 Å². The van der Waals surface area contributed by atoms with Crippen LogP contribution >= 0.6 is 11.8 Å². The number of aromatic hydroxyl groups is 1. The lowest BCUT2D eigenvalue weighted by Gasteiger charge is -2.13. The predicted molar refractivity (Wildman–Crippen MR) is 104 cm³/mol. The molecule has 0 bridgehead atoms. The summed E-state index contributed by atoms with van der Waals surface area (Å²) in [5.41, 5.74) is 0.669. The summed E-state index contributed by atoms with van der Waals surface area (Å²) in [6, 6.07) is 14.0. The van der Waals surface area contributed by atoms with Gasteiger partial charge in [0.1, 0.15) is 12.4 Å². The number of benzene rings is 2. The molecule has 2 aromatic carbocycles. The highest BCUT2D eigenvalue weighted by Gasteiger charge is 2.34. The van der Waals surface area contributed by atoms with Gasteiger partial charge in [0, 0.05) is 0 Å². The largest absolute Gasteiger partial charge is 0.504 e. The fourth-order valence-electron chi connectivity index (χ4n) is 2.51. The summed E-state index contributed by atoms with van der Waals surface area (Å²) < 4.78 is 10.9. The number of nitrogens with zero attached hydrogens (tertiary/aromatic N) is 1. The minimum atomic E-state index is -0.354. The zero-order valence-corrected chi connectivity index (χ0v) is 15.6. The number of hydrogen-bond donors (Lipinski definition) is 1. The van der Waals surface area contributed by atoms with E-state index < -0.39 is 0 Å². The van der Waals surface area contributed by atoms with E-state index in [-0.39, 0.29) is 30.0 Å². The molecule has 0 unspecified atom stereocenters. The molecule has 6 nitrogen and oxygen atoms in total. The topological polar surface area (TPSA) is 76.1 Å². The highest BCUT2D eigenvalue weighted by Crippen LogP contribution is 2.34. The fourth-order valence-corrected chi connectivity index (χ4v) is 3.37. The molecule has 0 atom stereocenters. The second-order valence-corrected chi connectivity index (χ2v) is 6.65. The first kappa shape index (κ1) is 18.8. The lowest BCUT2D eigenvalue weighted by molar-refractivity contribution is -0.123. The van der Waals surface area contributed by atoms with Crippen LogP contribution in [0.15, 0.2) is 53.4 Å². The van der Waals surface area contributed by atoms with Gasteiger partial charge < -0.3 is 14.6 Å². The van der Waals surface area contributed by atoms with Crippen LogP contribution in [0.3, 0.4) is 0 Å². The standard InChI is InChI=1S/C20H19NO5S/c1-2-25-17-12-14(8-9-16(17)22)13-18-19(23)21(20(24)27-18)10-11-26-15-6-4-3-5-7-15/h3-9,12-13,22H,2,10-11H2,1H3/b18-13-. The van der Waals surface area contributed by atoms with Crippen molar-refractivity contribution in [2.24, 2.45) is 0 Å². The van der Waals surface area contributed by atoms with Crippen molar-refractivity contribution in [2.45, 2.75) is 6.92 Å². The molecular weight excluding hydrogens is 366 g/mol. The molecule has 0 aliphatic carbocycles. The molecular formula is C20H19NO5S. The molecule has 1 heterocycles. The van der Waals surface area contributed by atoms with Gasteiger partial charge in [0.25, 0.3) is 11.1 Å². The first-order chi connectivity index (χ1) is 13.1. The van der Waals surface area contributed by atoms with Crippen molar-refractivity contribution in [2.75, 3.05) is 19.8 Å². The van der Waals surface area contributed by atoms with Gasteiger partial charge in [-0.3, -0.25) is 14.5 Å². The second kappa shape index (κ2) is 8.64. The monoisotopic (exact) mass is 385 g/mol. The normalized spacial score (nSPS) is 15.4. The summed E-state index contributed by atoms with van der Waals surface area (Å²) in [6.45, 7) is 2.63. The van der Waals surface area contributed by atoms with Gasteiger partial charge in [-0.15, -0.1) is 0 Å². The van der Waals surface area contributed by atoms with Crippen molar-refractivity contribution in [3.05, 3.63) is 59.0 Å². The van der Waals surface area contributed by atoms with E-state index in [0.717, 1.165) is 11.8 Å². The van der Waals surface area contributed by atoms with Crippen LogP contribution < -0.4 is 9.47 Å². The molecule has 27 heavy (non-hydrogen) atoms. The van der Waals surface area contributed by atoms with Crippen LogP contribution in [0.5, 0.6) is 17.2 Å². The van der Waals surface area contributed by atoms with Gasteiger partial charge in [0.2, 0.25) is 0 Å². The van der Waals surface area contributed by atoms with E-state index in [0.29, 0.717) is 28.6 Å². The number of carbonyl (C=O) groups excluding carboxylic acids is 2. The number of phenols is 1. The van der Waals surface area contributed by atoms with Crippen LogP contribution in [0.1, 0.15) is 12.5 Å². The smallest absolute Gasteiger partial charge is 0.293 e. The van der Waals surface area contributed by atoms with Crippen molar-refractivity contribution in [1.82, 2.24) is 4.90 Å². The number of hydrogen-bond acceptors (Lipinski definition) is 6. The maximum absolute atomic E-state index is 12.5. The lowest BCUT2D eigenvalue weighted by atomic mass is 10.2. The number of ether oxygens (including phenoxy) is 2. The number of carbonyl (C=O) groups is 2. The number of thioether (sulfide) groups is 1. The second-order valence-electron chi connectivity index (χ2n) is 5.66. The van der Waals surface area contributed by atoms with E-state index in [1.54, 1.807) is 18.2 Å². The van der Waals surface area contributed by atoms with E-state index in [2.05, 4.69) is 0 Å². The quantitative estimate of drug-likeness (QED) is 0.729. The number of rotatable bonds is 7. The highest BCUT2D eigenvalue weighted by atomic mass is 32.2. The summed E-state index contributed by atoms with van der Waals surface area (Å²) in [6.07, 6.45) is 1.62. The van der Waals surface area contributed by atoms with E-state index in [1.807, 2.05) is 37.3 Å². The average molecular weight is 385 g/mol. The van der Waals surface area contributed by atoms with Crippen LogP contribution in [-0.2, 0) is 4.79 Å². The Morgan fingerprint density at radius 2 is 1.89 bits per heavy atom. The first-order valence-corrected chi connectivity index (χ1v) is 9.29. The SMILES string of the molecule is CCOc1cc(/C=C2\SC(=O)N(CCOc3ccccc3)C2=O)ccc1O. The molecule has 3 rings (SSSR count). The fraction of sp³-hybridized carbons (Fsp3) is 0.200. The predicted octanol–water partition coefficient (Wildman–Crippen LogP) is 3.91. The van der Waals surface area contributed by atoms with E-state index in [9.17, 15) is 14.7 Å². The third kappa shape index (κ3) is 4.62. The van der Waals surface area contributed by atoms with Gasteiger partial charge >= 0.3 is 0 Å². The molecule has 0 saturated carbocycles. The highest BCUT2D eigenvalue weighted by molar-refractivity contribution is 8.18. The molecule has 1 aliphatic rings. The van der Waals surface area contributed by atoms with Crippen molar-refractivity contribution in [3.63, 3.8) is 0 Å². The Hall–Kier alpha value is -2.93. The van der Waals surface area contributed by atoms with Gasteiger partial charge in [-0.05, 0) is 54.6 Å². The van der Waals surface area contributed by atoms with E-state index >= 15 is 0 Å². The van der Waals surface area contributed by atoms with E-state index in [1.165, 1.54) is 11.0 Å². The van der Waals surface area contributed by atoms with Crippen LogP contribution in [0.4, 0.5) is 4.79 Å². The van der Waals surface area contributed by atoms with Gasteiger partial charge in [-0.1, -0.05) is 24.3 Å². The third-order valence-electron chi connectivity index (χ3n) is 3.78. The molecule has 2 amide bonds. The summed E-state index contributed by atoms with van der Waals surface area (Å²) in [5.74, 6) is 0.696. The van der Waals surface area contributed by atoms with Gasteiger partial charge in [-0.25, -0.2) is 0 Å². The minimum Gasteiger partial charge on any atom is -0.504 e. The maximum atomic E-state index is 12.5. The summed E-state index contributed by atoms with van der Waals surface area (Å²) in [5, 5.41) is 9.43. The molecule has 0 radical (unpaired) electrons. The number of para-hydroxylation sites is 1. The molecule has 7 heteroatoms. The van der Waals surface area contributed by atoms with Gasteiger partial charge in [0.05, 0.1) is 18.1 Å². The van der Waals surface area contributed by atoms with Crippen molar-refractivity contribution in [3.8, 4) is 17.2 Å². The van der Waals surface area contributed by atoms with Crippen molar-refractivity contribution >= 4 is 29.0 Å². The molecule has 2 aromatic rings. The zero-order valence-electron chi connectivity index (χ0n) is 14.8. The summed E-state index contributed by atoms with van der Waals surface area (Å²) >= 11 is 0.886. The van der Waals surface area contributed by atoms with Crippen LogP contribution in [0, 0.1) is 0 Å². The molecule has 1 N–H and O–H groups in total. The minimum absolute atomic E-state index is 0.0279. The molecule has 0 spiro atoms. The average Bonchev–Trinajstić information content (AvgIpc) is 2.93. The van der Waals surface area contributed by atoms with Crippen LogP contribution in [0.2, 0.25) is 0 Å². The Morgan fingerprint density at radius 1 is 1.11 bits per heavy atom. The molecule has 0 aromatic heterocycles. The Kier molecular flexibility index (Phi) is 6.03. The molecule has 140 valence electrons. The zero-order chi connectivity index (χ0) is 19.2. The Labute approximate surface area is 161 Å².